The van der Waals surface area contributed by atoms with E-state index in [9.17, 15) is 18.0 Å². The van der Waals surface area contributed by atoms with Gasteiger partial charge in [0.1, 0.15) is 5.75 Å². The number of carbonyl (C=O) groups excluding carboxylic acids is 2. The Hall–Kier alpha value is -3.56. The maximum atomic E-state index is 13.5. The molecule has 1 aliphatic heterocycles. The normalized spacial score (nSPS) is 15.1. The van der Waals surface area contributed by atoms with Crippen molar-refractivity contribution in [3.05, 3.63) is 88.9 Å². The molecule has 0 spiro atoms. The summed E-state index contributed by atoms with van der Waals surface area (Å²) in [4.78, 5) is 27.8. The Morgan fingerprint density at radius 1 is 1.06 bits per heavy atom. The fourth-order valence-electron chi connectivity index (χ4n) is 3.55. The third-order valence-electron chi connectivity index (χ3n) is 5.13. The van der Waals surface area contributed by atoms with Gasteiger partial charge in [-0.2, -0.15) is 0 Å². The first-order valence-corrected chi connectivity index (χ1v) is 12.6. The summed E-state index contributed by atoms with van der Waals surface area (Å²) < 4.78 is 31.5. The van der Waals surface area contributed by atoms with Crippen molar-refractivity contribution in [1.29, 1.82) is 0 Å². The Bertz CT molecular complexity index is 1330. The Morgan fingerprint density at radius 2 is 1.76 bits per heavy atom. The Balaban J connectivity index is 1.58. The van der Waals surface area contributed by atoms with E-state index in [1.807, 2.05) is 30.3 Å². The minimum Gasteiger partial charge on any atom is -0.477 e. The largest absolute Gasteiger partial charge is 0.477 e. The van der Waals surface area contributed by atoms with Gasteiger partial charge in [-0.25, -0.2) is 8.42 Å². The maximum absolute atomic E-state index is 13.5. The van der Waals surface area contributed by atoms with Crippen molar-refractivity contribution in [3.63, 3.8) is 0 Å². The molecule has 4 rings (SSSR count). The molecule has 1 unspecified atom stereocenters. The monoisotopic (exact) mass is 499 g/mol. The minimum atomic E-state index is -3.60. The molecule has 8 nitrogen and oxygen atoms in total. The lowest BCUT2D eigenvalue weighted by atomic mass is 10.1. The molecular weight excluding hydrogens is 478 g/mol. The number of carbonyl (C=O) groups is 2. The van der Waals surface area contributed by atoms with E-state index in [-0.39, 0.29) is 28.7 Å². The minimum absolute atomic E-state index is 0.0199. The standard InChI is InChI=1S/C24H22ClN3O5S/c1-34(31,32)27-19-13-17(11-12-18(19)25)24(30)28-15-22(33-21-10-6-5-9-20(21)28)23(29)26-14-16-7-3-2-4-8-16/h2-13,22,27H,14-15H2,1H3,(H,26,29). The van der Waals surface area contributed by atoms with Gasteiger partial charge < -0.3 is 15.0 Å². The molecule has 34 heavy (non-hydrogen) atoms. The summed E-state index contributed by atoms with van der Waals surface area (Å²) in [5.41, 5.74) is 1.74. The third kappa shape index (κ3) is 5.49. The molecule has 2 N–H and O–H groups in total. The molecule has 0 saturated carbocycles. The molecule has 0 fully saturated rings. The fraction of sp³-hybridized carbons (Fsp3) is 0.167. The molecule has 10 heteroatoms. The van der Waals surface area contributed by atoms with Crippen molar-refractivity contribution in [1.82, 2.24) is 5.32 Å². The van der Waals surface area contributed by atoms with Crippen LogP contribution in [0.2, 0.25) is 5.02 Å². The van der Waals surface area contributed by atoms with Crippen LogP contribution in [-0.2, 0) is 21.4 Å². The highest BCUT2D eigenvalue weighted by Crippen LogP contribution is 2.35. The summed E-state index contributed by atoms with van der Waals surface area (Å²) in [5.74, 6) is -0.387. The number of nitrogens with zero attached hydrogens (tertiary/aromatic N) is 1. The molecule has 0 radical (unpaired) electrons. The van der Waals surface area contributed by atoms with Crippen LogP contribution in [0, 0.1) is 0 Å². The van der Waals surface area contributed by atoms with Gasteiger partial charge in [0, 0.05) is 12.1 Å². The first-order valence-electron chi connectivity index (χ1n) is 10.4. The lowest BCUT2D eigenvalue weighted by Crippen LogP contribution is -2.50. The number of hydrogen-bond acceptors (Lipinski definition) is 5. The second-order valence-corrected chi connectivity index (χ2v) is 9.92. The van der Waals surface area contributed by atoms with Crippen molar-refractivity contribution < 1.29 is 22.7 Å². The van der Waals surface area contributed by atoms with Crippen LogP contribution in [0.15, 0.2) is 72.8 Å². The van der Waals surface area contributed by atoms with E-state index in [2.05, 4.69) is 10.0 Å². The highest BCUT2D eigenvalue weighted by atomic mass is 35.5. The average Bonchev–Trinajstić information content (AvgIpc) is 2.82. The van der Waals surface area contributed by atoms with Crippen molar-refractivity contribution in [2.45, 2.75) is 12.6 Å². The summed E-state index contributed by atoms with van der Waals surface area (Å²) in [5, 5.41) is 3.00. The highest BCUT2D eigenvalue weighted by Gasteiger charge is 2.34. The second-order valence-electron chi connectivity index (χ2n) is 7.76. The summed E-state index contributed by atoms with van der Waals surface area (Å²) >= 11 is 6.10. The van der Waals surface area contributed by atoms with Crippen LogP contribution >= 0.6 is 11.6 Å². The lowest BCUT2D eigenvalue weighted by Gasteiger charge is -2.34. The van der Waals surface area contributed by atoms with Gasteiger partial charge in [0.25, 0.3) is 11.8 Å². The number of anilines is 2. The summed E-state index contributed by atoms with van der Waals surface area (Å²) in [7, 11) is -3.60. The number of fused-ring (bicyclic) bond motifs is 1. The molecule has 1 heterocycles. The van der Waals surface area contributed by atoms with Gasteiger partial charge in [-0.3, -0.25) is 14.3 Å². The van der Waals surface area contributed by atoms with Gasteiger partial charge >= 0.3 is 0 Å². The second kappa shape index (κ2) is 9.74. The van der Waals surface area contributed by atoms with Gasteiger partial charge in [-0.1, -0.05) is 54.1 Å². The van der Waals surface area contributed by atoms with Crippen LogP contribution in [0.25, 0.3) is 0 Å². The molecule has 176 valence electrons. The Kier molecular flexibility index (Phi) is 6.76. The molecule has 3 aromatic carbocycles. The first kappa shape index (κ1) is 23.6. The van der Waals surface area contributed by atoms with E-state index < -0.39 is 22.0 Å². The smallest absolute Gasteiger partial charge is 0.263 e. The lowest BCUT2D eigenvalue weighted by molar-refractivity contribution is -0.128. The van der Waals surface area contributed by atoms with E-state index in [1.165, 1.54) is 23.1 Å². The molecule has 1 aliphatic rings. The van der Waals surface area contributed by atoms with Crippen LogP contribution in [0.3, 0.4) is 0 Å². The number of rotatable bonds is 6. The Morgan fingerprint density at radius 3 is 2.50 bits per heavy atom. The Labute approximate surface area is 202 Å². The van der Waals surface area contributed by atoms with E-state index in [1.54, 1.807) is 24.3 Å². The number of para-hydroxylation sites is 2. The van der Waals surface area contributed by atoms with E-state index in [0.29, 0.717) is 18.0 Å². The number of ether oxygens (including phenoxy) is 1. The molecule has 3 aromatic rings. The zero-order valence-electron chi connectivity index (χ0n) is 18.2. The summed E-state index contributed by atoms with van der Waals surface area (Å²) in [6.45, 7) is 0.306. The van der Waals surface area contributed by atoms with Gasteiger partial charge in [0.15, 0.2) is 6.10 Å². The number of amides is 2. The molecule has 0 aliphatic carbocycles. The van der Waals surface area contributed by atoms with Gasteiger partial charge in [0.2, 0.25) is 10.0 Å². The number of sulfonamides is 1. The molecule has 1 atom stereocenters. The maximum Gasteiger partial charge on any atom is 0.263 e. The topological polar surface area (TPSA) is 105 Å². The van der Waals surface area contributed by atoms with Crippen molar-refractivity contribution in [3.8, 4) is 5.75 Å². The van der Waals surface area contributed by atoms with E-state index in [4.69, 9.17) is 16.3 Å². The van der Waals surface area contributed by atoms with Crippen LogP contribution < -0.4 is 19.7 Å². The van der Waals surface area contributed by atoms with Crippen LogP contribution in [0.5, 0.6) is 5.75 Å². The molecule has 2 amide bonds. The molecule has 0 aromatic heterocycles. The fourth-order valence-corrected chi connectivity index (χ4v) is 4.34. The molecule has 0 bridgehead atoms. The quantitative estimate of drug-likeness (QED) is 0.540. The number of hydrogen-bond donors (Lipinski definition) is 2. The highest BCUT2D eigenvalue weighted by molar-refractivity contribution is 7.92. The molecule has 0 saturated heterocycles. The average molecular weight is 500 g/mol. The van der Waals surface area contributed by atoms with Crippen LogP contribution in [0.1, 0.15) is 15.9 Å². The van der Waals surface area contributed by atoms with E-state index in [0.717, 1.165) is 11.8 Å². The van der Waals surface area contributed by atoms with Crippen molar-refractivity contribution >= 4 is 44.8 Å². The zero-order chi connectivity index (χ0) is 24.3. The molecular formula is C24H22ClN3O5S. The number of halogens is 1. The summed E-state index contributed by atoms with van der Waals surface area (Å²) in [6.07, 6.45) is 0.0674. The zero-order valence-corrected chi connectivity index (χ0v) is 19.8. The van der Waals surface area contributed by atoms with Gasteiger partial charge in [-0.05, 0) is 35.9 Å². The van der Waals surface area contributed by atoms with E-state index >= 15 is 0 Å². The van der Waals surface area contributed by atoms with Crippen molar-refractivity contribution in [2.24, 2.45) is 0 Å². The SMILES string of the molecule is CS(=O)(=O)Nc1cc(C(=O)N2CC(C(=O)NCc3ccccc3)Oc3ccccc32)ccc1Cl. The van der Waals surface area contributed by atoms with Crippen LogP contribution in [-0.4, -0.2) is 39.1 Å². The summed E-state index contributed by atoms with van der Waals surface area (Å²) in [6, 6.07) is 20.7. The van der Waals surface area contributed by atoms with Gasteiger partial charge in [-0.15, -0.1) is 0 Å². The predicted molar refractivity (Wildman–Crippen MR) is 131 cm³/mol. The first-order chi connectivity index (χ1) is 16.2. The number of benzene rings is 3. The van der Waals surface area contributed by atoms with Crippen LogP contribution in [0.4, 0.5) is 11.4 Å². The van der Waals surface area contributed by atoms with Crippen molar-refractivity contribution in [2.75, 3.05) is 22.4 Å². The predicted octanol–water partition coefficient (Wildman–Crippen LogP) is 3.44. The number of nitrogens with one attached hydrogen (secondary N) is 2. The van der Waals surface area contributed by atoms with Gasteiger partial charge in [0.05, 0.1) is 29.2 Å². The third-order valence-corrected chi connectivity index (χ3v) is 6.05.